The van der Waals surface area contributed by atoms with Gasteiger partial charge < -0.3 is 4.52 Å². The van der Waals surface area contributed by atoms with Gasteiger partial charge in [0, 0.05) is 24.0 Å². The molecule has 3 heterocycles. The fourth-order valence-electron chi connectivity index (χ4n) is 2.72. The summed E-state index contributed by atoms with van der Waals surface area (Å²) in [5, 5.41) is 7.88. The summed E-state index contributed by atoms with van der Waals surface area (Å²) in [4.78, 5) is 4.73. The molecule has 0 atom stereocenters. The predicted molar refractivity (Wildman–Crippen MR) is 95.0 cm³/mol. The van der Waals surface area contributed by atoms with E-state index in [0.29, 0.717) is 29.7 Å². The van der Waals surface area contributed by atoms with Gasteiger partial charge in [0.1, 0.15) is 0 Å². The van der Waals surface area contributed by atoms with Crippen molar-refractivity contribution in [2.75, 3.05) is 13.1 Å². The average molecular weight is 375 g/mol. The molecule has 1 aromatic carbocycles. The first-order valence-electron chi connectivity index (χ1n) is 7.89. The number of sulfonamides is 1. The molecule has 0 bridgehead atoms. The normalized spacial score (nSPS) is 16.1. The van der Waals surface area contributed by atoms with E-state index in [1.165, 1.54) is 4.31 Å². The lowest BCUT2D eigenvalue weighted by molar-refractivity contribution is 0.217. The van der Waals surface area contributed by atoms with Crippen molar-refractivity contribution in [3.63, 3.8) is 0 Å². The Labute approximate surface area is 150 Å². The highest BCUT2D eigenvalue weighted by molar-refractivity contribution is 7.89. The summed E-state index contributed by atoms with van der Waals surface area (Å²) in [6.07, 6.45) is 0. The number of aromatic nitrogens is 2. The molecule has 3 aromatic rings. The van der Waals surface area contributed by atoms with Gasteiger partial charge in [-0.2, -0.15) is 20.6 Å². The van der Waals surface area contributed by atoms with Gasteiger partial charge in [0.25, 0.3) is 0 Å². The molecule has 0 aliphatic carbocycles. The minimum atomic E-state index is -3.47. The third kappa shape index (κ3) is 2.90. The van der Waals surface area contributed by atoms with E-state index >= 15 is 0 Å². The van der Waals surface area contributed by atoms with Gasteiger partial charge in [-0.15, -0.1) is 0 Å². The topological polar surface area (TPSA) is 76.3 Å². The number of rotatable bonds is 4. The largest absolute Gasteiger partial charge is 0.339 e. The highest BCUT2D eigenvalue weighted by Crippen LogP contribution is 2.32. The van der Waals surface area contributed by atoms with Gasteiger partial charge in [-0.25, -0.2) is 8.42 Å². The summed E-state index contributed by atoms with van der Waals surface area (Å²) >= 11 is 1.57. The van der Waals surface area contributed by atoms with E-state index in [1.807, 2.05) is 36.7 Å². The Morgan fingerprint density at radius 2 is 2.00 bits per heavy atom. The lowest BCUT2D eigenvalue weighted by Crippen LogP contribution is -2.48. The van der Waals surface area contributed by atoms with Gasteiger partial charge in [0.2, 0.25) is 21.7 Å². The summed E-state index contributed by atoms with van der Waals surface area (Å²) in [6.45, 7) is 4.60. The summed E-state index contributed by atoms with van der Waals surface area (Å²) in [7, 11) is -3.47. The molecule has 0 amide bonds. The van der Waals surface area contributed by atoms with Crippen LogP contribution in [0.4, 0.5) is 0 Å². The Balaban J connectivity index is 1.49. The lowest BCUT2D eigenvalue weighted by Gasteiger charge is -2.35. The summed E-state index contributed by atoms with van der Waals surface area (Å²) < 4.78 is 32.2. The van der Waals surface area contributed by atoms with Crippen LogP contribution in [0.1, 0.15) is 22.9 Å². The summed E-state index contributed by atoms with van der Waals surface area (Å²) in [5.74, 6) is 0.987. The zero-order valence-corrected chi connectivity index (χ0v) is 15.5. The maximum absolute atomic E-state index is 12.7. The van der Waals surface area contributed by atoms with Crippen LogP contribution in [0.25, 0.3) is 11.4 Å². The highest BCUT2D eigenvalue weighted by atomic mass is 32.2. The Bertz CT molecular complexity index is 1000. The average Bonchev–Trinajstić information content (AvgIpc) is 3.19. The SMILES string of the molecule is Cc1ccc(S(=O)(=O)N2CC(c3nc(-c4ccsc4)no3)C2)cc1C. The Morgan fingerprint density at radius 1 is 1.20 bits per heavy atom. The molecular weight excluding hydrogens is 358 g/mol. The molecule has 8 heteroatoms. The first-order valence-corrected chi connectivity index (χ1v) is 10.3. The van der Waals surface area contributed by atoms with E-state index in [0.717, 1.165) is 16.7 Å². The molecule has 1 aliphatic rings. The van der Waals surface area contributed by atoms with Gasteiger partial charge >= 0.3 is 0 Å². The third-order valence-corrected chi connectivity index (χ3v) is 7.05. The monoisotopic (exact) mass is 375 g/mol. The van der Waals surface area contributed by atoms with Crippen molar-refractivity contribution in [3.8, 4) is 11.4 Å². The number of thiophene rings is 1. The van der Waals surface area contributed by atoms with E-state index in [-0.39, 0.29) is 5.92 Å². The molecule has 0 unspecified atom stereocenters. The van der Waals surface area contributed by atoms with Gasteiger partial charge in [0.15, 0.2) is 0 Å². The minimum absolute atomic E-state index is 0.0544. The zero-order chi connectivity index (χ0) is 17.6. The van der Waals surface area contributed by atoms with Crippen LogP contribution < -0.4 is 0 Å². The van der Waals surface area contributed by atoms with Crippen LogP contribution in [0.2, 0.25) is 0 Å². The van der Waals surface area contributed by atoms with E-state index in [2.05, 4.69) is 10.1 Å². The minimum Gasteiger partial charge on any atom is -0.339 e. The van der Waals surface area contributed by atoms with Crippen molar-refractivity contribution < 1.29 is 12.9 Å². The van der Waals surface area contributed by atoms with Crippen molar-refractivity contribution in [2.24, 2.45) is 0 Å². The van der Waals surface area contributed by atoms with Gasteiger partial charge in [-0.05, 0) is 48.6 Å². The molecule has 2 aromatic heterocycles. The van der Waals surface area contributed by atoms with E-state index < -0.39 is 10.0 Å². The van der Waals surface area contributed by atoms with Crippen LogP contribution in [0.15, 0.2) is 44.4 Å². The quantitative estimate of drug-likeness (QED) is 0.700. The van der Waals surface area contributed by atoms with Crippen LogP contribution in [-0.4, -0.2) is 36.0 Å². The first kappa shape index (κ1) is 16.4. The van der Waals surface area contributed by atoms with E-state index in [1.54, 1.807) is 23.5 Å². The number of hydrogen-bond donors (Lipinski definition) is 0. The molecule has 0 N–H and O–H groups in total. The van der Waals surface area contributed by atoms with Crippen LogP contribution in [0, 0.1) is 13.8 Å². The van der Waals surface area contributed by atoms with Crippen molar-refractivity contribution in [1.82, 2.24) is 14.4 Å². The van der Waals surface area contributed by atoms with Gasteiger partial charge in [0.05, 0.1) is 10.8 Å². The molecule has 1 saturated heterocycles. The molecule has 130 valence electrons. The third-order valence-electron chi connectivity index (χ3n) is 4.53. The van der Waals surface area contributed by atoms with Gasteiger partial charge in [-0.3, -0.25) is 0 Å². The Hall–Kier alpha value is -2.03. The summed E-state index contributed by atoms with van der Waals surface area (Å²) in [6, 6.07) is 7.15. The number of nitrogens with zero attached hydrogens (tertiary/aromatic N) is 3. The Kier molecular flexibility index (Phi) is 3.98. The number of aryl methyl sites for hydroxylation is 2. The van der Waals surface area contributed by atoms with E-state index in [9.17, 15) is 8.42 Å². The molecule has 0 spiro atoms. The van der Waals surface area contributed by atoms with Crippen LogP contribution >= 0.6 is 11.3 Å². The summed E-state index contributed by atoms with van der Waals surface area (Å²) in [5.41, 5.74) is 2.96. The molecule has 6 nitrogen and oxygen atoms in total. The van der Waals surface area contributed by atoms with Crippen LogP contribution in [-0.2, 0) is 10.0 Å². The van der Waals surface area contributed by atoms with Gasteiger partial charge in [-0.1, -0.05) is 11.2 Å². The van der Waals surface area contributed by atoms with Crippen molar-refractivity contribution in [1.29, 1.82) is 0 Å². The second-order valence-corrected chi connectivity index (χ2v) is 8.95. The Morgan fingerprint density at radius 3 is 2.68 bits per heavy atom. The first-order chi connectivity index (χ1) is 11.9. The van der Waals surface area contributed by atoms with E-state index in [4.69, 9.17) is 4.52 Å². The molecule has 1 aliphatic heterocycles. The molecule has 4 rings (SSSR count). The van der Waals surface area contributed by atoms with Crippen molar-refractivity contribution in [2.45, 2.75) is 24.7 Å². The lowest BCUT2D eigenvalue weighted by atomic mass is 10.0. The standard InChI is InChI=1S/C17H17N3O3S2/c1-11-3-4-15(7-12(11)2)25(21,22)20-8-14(9-20)17-18-16(19-23-17)13-5-6-24-10-13/h3-7,10,14H,8-9H2,1-2H3. The second-order valence-electron chi connectivity index (χ2n) is 6.23. The number of benzene rings is 1. The van der Waals surface area contributed by atoms with Crippen molar-refractivity contribution >= 4 is 21.4 Å². The smallest absolute Gasteiger partial charge is 0.243 e. The highest BCUT2D eigenvalue weighted by Gasteiger charge is 2.40. The maximum Gasteiger partial charge on any atom is 0.243 e. The van der Waals surface area contributed by atoms with Crippen molar-refractivity contribution in [3.05, 3.63) is 52.0 Å². The molecule has 25 heavy (non-hydrogen) atoms. The second kappa shape index (κ2) is 6.05. The molecule has 1 fully saturated rings. The number of hydrogen-bond acceptors (Lipinski definition) is 6. The molecular formula is C17H17N3O3S2. The predicted octanol–water partition coefficient (Wildman–Crippen LogP) is 3.20. The molecule has 0 radical (unpaired) electrons. The van der Waals surface area contributed by atoms with Crippen LogP contribution in [0.3, 0.4) is 0 Å². The zero-order valence-electron chi connectivity index (χ0n) is 13.8. The maximum atomic E-state index is 12.7. The van der Waals surface area contributed by atoms with Crippen LogP contribution in [0.5, 0.6) is 0 Å². The fraction of sp³-hybridized carbons (Fsp3) is 0.294. The fourth-order valence-corrected chi connectivity index (χ4v) is 4.97. The molecule has 0 saturated carbocycles.